The molecule has 0 amide bonds. The van der Waals surface area contributed by atoms with E-state index in [1.54, 1.807) is 0 Å². The molecule has 0 aromatic heterocycles. The third-order valence-corrected chi connectivity index (χ3v) is 1.80. The van der Waals surface area contributed by atoms with Gasteiger partial charge in [-0.15, -0.1) is 0 Å². The predicted molar refractivity (Wildman–Crippen MR) is 51.0 cm³/mol. The average Bonchev–Trinajstić information content (AvgIpc) is 2.17. The van der Waals surface area contributed by atoms with E-state index in [-0.39, 0.29) is 13.2 Å². The van der Waals surface area contributed by atoms with Crippen molar-refractivity contribution in [2.75, 3.05) is 13.2 Å². The molecule has 0 radical (unpaired) electrons. The normalized spacial score (nSPS) is 10.5. The molecule has 2 N–H and O–H groups in total. The lowest BCUT2D eigenvalue weighted by molar-refractivity contribution is -0.188. The van der Waals surface area contributed by atoms with E-state index < -0.39 is 29.3 Å². The minimum atomic E-state index is -3.37. The second-order valence-electron chi connectivity index (χ2n) is 2.80. The highest BCUT2D eigenvalue weighted by molar-refractivity contribution is 6.32. The average molecular weight is 248 g/mol. The molecular formula is C9H12O8. The number of esters is 2. The molecule has 0 aliphatic heterocycles. The maximum absolute atomic E-state index is 11.4. The lowest BCUT2D eigenvalue weighted by Gasteiger charge is -2.20. The smallest absolute Gasteiger partial charge is 0.355 e. The van der Waals surface area contributed by atoms with Crippen LogP contribution >= 0.6 is 0 Å². The molecule has 0 aliphatic rings. The summed E-state index contributed by atoms with van der Waals surface area (Å²) in [6.07, 6.45) is 0. The van der Waals surface area contributed by atoms with Crippen LogP contribution in [0.1, 0.15) is 13.8 Å². The lowest BCUT2D eigenvalue weighted by atomic mass is 9.88. The van der Waals surface area contributed by atoms with Gasteiger partial charge in [-0.05, 0) is 13.8 Å². The first-order valence-electron chi connectivity index (χ1n) is 4.66. The van der Waals surface area contributed by atoms with Gasteiger partial charge in [0.2, 0.25) is 0 Å². The topological polar surface area (TPSA) is 127 Å². The number of hydrogen-bond donors (Lipinski definition) is 2. The van der Waals surface area contributed by atoms with Gasteiger partial charge in [0.25, 0.3) is 0 Å². The number of hydrogen-bond acceptors (Lipinski definition) is 6. The minimum absolute atomic E-state index is 0.263. The molecule has 0 rings (SSSR count). The highest BCUT2D eigenvalue weighted by atomic mass is 16.6. The first kappa shape index (κ1) is 14.9. The van der Waals surface area contributed by atoms with Crippen molar-refractivity contribution in [2.45, 2.75) is 13.8 Å². The van der Waals surface area contributed by atoms with E-state index in [1.165, 1.54) is 13.8 Å². The van der Waals surface area contributed by atoms with Crippen LogP contribution in [0.2, 0.25) is 0 Å². The Balaban J connectivity index is 5.60. The zero-order valence-corrected chi connectivity index (χ0v) is 9.26. The van der Waals surface area contributed by atoms with E-state index in [2.05, 4.69) is 9.47 Å². The zero-order valence-electron chi connectivity index (χ0n) is 9.26. The fraction of sp³-hybridized carbons (Fsp3) is 0.556. The van der Waals surface area contributed by atoms with E-state index in [1.807, 2.05) is 0 Å². The van der Waals surface area contributed by atoms with Gasteiger partial charge in [-0.25, -0.2) is 19.2 Å². The van der Waals surface area contributed by atoms with E-state index in [0.29, 0.717) is 0 Å². The molecular weight excluding hydrogens is 236 g/mol. The molecule has 0 aromatic carbocycles. The van der Waals surface area contributed by atoms with Gasteiger partial charge in [-0.2, -0.15) is 0 Å². The molecule has 0 fully saturated rings. The zero-order chi connectivity index (χ0) is 13.6. The molecule has 17 heavy (non-hydrogen) atoms. The van der Waals surface area contributed by atoms with Crippen molar-refractivity contribution in [1.29, 1.82) is 0 Å². The van der Waals surface area contributed by atoms with Crippen LogP contribution < -0.4 is 0 Å². The van der Waals surface area contributed by atoms with Crippen molar-refractivity contribution >= 4 is 23.9 Å². The van der Waals surface area contributed by atoms with Crippen LogP contribution in [0.15, 0.2) is 0 Å². The first-order valence-corrected chi connectivity index (χ1v) is 4.66. The summed E-state index contributed by atoms with van der Waals surface area (Å²) in [5.74, 6) is -7.67. The third kappa shape index (κ3) is 2.52. The first-order chi connectivity index (χ1) is 7.85. The summed E-state index contributed by atoms with van der Waals surface area (Å²) in [5, 5.41) is 17.6. The van der Waals surface area contributed by atoms with Crippen molar-refractivity contribution in [3.63, 3.8) is 0 Å². The van der Waals surface area contributed by atoms with Gasteiger partial charge in [0.15, 0.2) is 0 Å². The van der Waals surface area contributed by atoms with E-state index in [9.17, 15) is 19.2 Å². The summed E-state index contributed by atoms with van der Waals surface area (Å²) in [6, 6.07) is 0. The molecule has 0 saturated heterocycles. The Morgan fingerprint density at radius 2 is 1.18 bits per heavy atom. The molecule has 0 heterocycles. The summed E-state index contributed by atoms with van der Waals surface area (Å²) >= 11 is 0. The number of aliphatic carboxylic acids is 2. The lowest BCUT2D eigenvalue weighted by Crippen LogP contribution is -2.54. The number of ether oxygens (including phenoxy) is 2. The van der Waals surface area contributed by atoms with Crippen LogP contribution in [-0.4, -0.2) is 47.3 Å². The molecule has 8 nitrogen and oxygen atoms in total. The van der Waals surface area contributed by atoms with Crippen LogP contribution in [-0.2, 0) is 28.7 Å². The van der Waals surface area contributed by atoms with Gasteiger partial charge >= 0.3 is 29.3 Å². The predicted octanol–water partition coefficient (Wildman–Crippen LogP) is -0.732. The number of carbonyl (C=O) groups excluding carboxylic acids is 2. The highest BCUT2D eigenvalue weighted by Crippen LogP contribution is 2.23. The van der Waals surface area contributed by atoms with Gasteiger partial charge in [0.1, 0.15) is 0 Å². The SMILES string of the molecule is CCOC(=O)C(C(=O)O)(C(=O)O)C(=O)OCC. The highest BCUT2D eigenvalue weighted by Gasteiger charge is 2.64. The molecule has 0 saturated carbocycles. The molecule has 0 aliphatic carbocycles. The maximum atomic E-state index is 11.4. The molecule has 0 unspecified atom stereocenters. The van der Waals surface area contributed by atoms with Crippen molar-refractivity contribution in [3.05, 3.63) is 0 Å². The molecule has 0 bridgehead atoms. The molecule has 0 spiro atoms. The molecule has 96 valence electrons. The number of carboxylic acids is 2. The fourth-order valence-electron chi connectivity index (χ4n) is 1.00. The van der Waals surface area contributed by atoms with E-state index >= 15 is 0 Å². The summed E-state index contributed by atoms with van der Waals surface area (Å²) in [4.78, 5) is 44.6. The minimum Gasteiger partial charge on any atom is -0.480 e. The van der Waals surface area contributed by atoms with Crippen LogP contribution in [0, 0.1) is 5.41 Å². The Bertz CT molecular complexity index is 311. The molecule has 8 heteroatoms. The molecule has 0 atom stereocenters. The van der Waals surface area contributed by atoms with Crippen molar-refractivity contribution < 1.29 is 38.9 Å². The standard InChI is InChI=1S/C9H12O8/c1-3-16-7(14)9(5(10)11,6(12)13)8(15)17-4-2/h3-4H2,1-2H3,(H,10,11)(H,12,13). The van der Waals surface area contributed by atoms with Crippen molar-refractivity contribution in [3.8, 4) is 0 Å². The van der Waals surface area contributed by atoms with Crippen molar-refractivity contribution in [2.24, 2.45) is 5.41 Å². The van der Waals surface area contributed by atoms with E-state index in [0.717, 1.165) is 0 Å². The Hall–Kier alpha value is -2.12. The quantitative estimate of drug-likeness (QED) is 0.465. The second kappa shape index (κ2) is 5.83. The Morgan fingerprint density at radius 1 is 0.882 bits per heavy atom. The monoisotopic (exact) mass is 248 g/mol. The van der Waals surface area contributed by atoms with Crippen LogP contribution in [0.25, 0.3) is 0 Å². The number of carboxylic acid groups (broad SMARTS) is 2. The van der Waals surface area contributed by atoms with Gasteiger partial charge < -0.3 is 19.7 Å². The van der Waals surface area contributed by atoms with Crippen LogP contribution in [0.3, 0.4) is 0 Å². The maximum Gasteiger partial charge on any atom is 0.355 e. The summed E-state index contributed by atoms with van der Waals surface area (Å²) in [6.45, 7) is 2.16. The Labute approximate surface area is 96.1 Å². The van der Waals surface area contributed by atoms with Gasteiger partial charge in [-0.3, -0.25) is 0 Å². The van der Waals surface area contributed by atoms with E-state index in [4.69, 9.17) is 10.2 Å². The third-order valence-electron chi connectivity index (χ3n) is 1.80. The van der Waals surface area contributed by atoms with Crippen LogP contribution in [0.4, 0.5) is 0 Å². The summed E-state index contributed by atoms with van der Waals surface area (Å²) in [5.41, 5.74) is -3.37. The largest absolute Gasteiger partial charge is 0.480 e. The molecule has 0 aromatic rings. The van der Waals surface area contributed by atoms with Gasteiger partial charge in [0.05, 0.1) is 13.2 Å². The number of rotatable bonds is 6. The fourth-order valence-corrected chi connectivity index (χ4v) is 1.00. The second-order valence-corrected chi connectivity index (χ2v) is 2.80. The summed E-state index contributed by atoms with van der Waals surface area (Å²) < 4.78 is 8.59. The summed E-state index contributed by atoms with van der Waals surface area (Å²) in [7, 11) is 0. The van der Waals surface area contributed by atoms with Gasteiger partial charge in [-0.1, -0.05) is 0 Å². The van der Waals surface area contributed by atoms with Crippen LogP contribution in [0.5, 0.6) is 0 Å². The van der Waals surface area contributed by atoms with Crippen molar-refractivity contribution in [1.82, 2.24) is 0 Å². The van der Waals surface area contributed by atoms with Gasteiger partial charge in [0, 0.05) is 0 Å². The Morgan fingerprint density at radius 3 is 1.35 bits per heavy atom. The Kier molecular flexibility index (Phi) is 5.10. The number of carbonyl (C=O) groups is 4.